The smallest absolute Gasteiger partial charge is 0.243 e. The van der Waals surface area contributed by atoms with Gasteiger partial charge in [-0.15, -0.1) is 0 Å². The van der Waals surface area contributed by atoms with Crippen molar-refractivity contribution in [3.63, 3.8) is 0 Å². The topological polar surface area (TPSA) is 49.4 Å². The van der Waals surface area contributed by atoms with Gasteiger partial charge in [-0.25, -0.2) is 0 Å². The van der Waals surface area contributed by atoms with Gasteiger partial charge in [0.2, 0.25) is 11.8 Å². The third-order valence-corrected chi connectivity index (χ3v) is 6.08. The van der Waals surface area contributed by atoms with Crippen LogP contribution in [0.1, 0.15) is 45.2 Å². The highest BCUT2D eigenvalue weighted by Crippen LogP contribution is 2.29. The average Bonchev–Trinajstić information content (AvgIpc) is 2.65. The Hall–Kier alpha value is -1.46. The number of benzene rings is 2. The summed E-state index contributed by atoms with van der Waals surface area (Å²) in [6, 6.07) is 9.47. The van der Waals surface area contributed by atoms with Crippen molar-refractivity contribution in [3.8, 4) is 0 Å². The normalized spacial score (nSPS) is 12.4. The lowest BCUT2D eigenvalue weighted by Crippen LogP contribution is -2.53. The minimum atomic E-state index is -0.722. The molecule has 8 heteroatoms. The van der Waals surface area contributed by atoms with Crippen molar-refractivity contribution >= 4 is 58.2 Å². The number of nitrogens with zero attached hydrogens (tertiary/aromatic N) is 1. The fourth-order valence-electron chi connectivity index (χ4n) is 3.18. The summed E-state index contributed by atoms with van der Waals surface area (Å²) in [5, 5.41) is 4.59. The van der Waals surface area contributed by atoms with Gasteiger partial charge in [-0.2, -0.15) is 0 Å². The van der Waals surface area contributed by atoms with Crippen LogP contribution < -0.4 is 5.32 Å². The fraction of sp³-hybridized carbons (Fsp3) is 0.391. The largest absolute Gasteiger partial charge is 0.350 e. The molecular formula is C23H26Cl4N2O2. The highest BCUT2D eigenvalue weighted by molar-refractivity contribution is 6.36. The molecule has 168 valence electrons. The van der Waals surface area contributed by atoms with E-state index in [1.54, 1.807) is 36.4 Å². The number of carbonyl (C=O) groups excluding carboxylic acids is 2. The van der Waals surface area contributed by atoms with E-state index in [9.17, 15) is 9.59 Å². The van der Waals surface area contributed by atoms with Crippen LogP contribution in [0.4, 0.5) is 0 Å². The zero-order valence-corrected chi connectivity index (χ0v) is 21.0. The molecule has 2 aromatic carbocycles. The Balaban J connectivity index is 2.45. The second-order valence-electron chi connectivity index (χ2n) is 8.26. The van der Waals surface area contributed by atoms with Crippen molar-refractivity contribution < 1.29 is 9.59 Å². The second-order valence-corrected chi connectivity index (χ2v) is 9.89. The number of halogens is 4. The quantitative estimate of drug-likeness (QED) is 0.464. The Morgan fingerprint density at radius 3 is 1.77 bits per heavy atom. The zero-order chi connectivity index (χ0) is 23.3. The summed E-state index contributed by atoms with van der Waals surface area (Å²) in [4.78, 5) is 28.0. The summed E-state index contributed by atoms with van der Waals surface area (Å²) in [5.74, 6) is -0.557. The first kappa shape index (κ1) is 25.8. The van der Waals surface area contributed by atoms with E-state index in [-0.39, 0.29) is 24.8 Å². The average molecular weight is 504 g/mol. The molecule has 0 fully saturated rings. The van der Waals surface area contributed by atoms with E-state index in [1.807, 2.05) is 27.7 Å². The lowest BCUT2D eigenvalue weighted by Gasteiger charge is -2.33. The van der Waals surface area contributed by atoms with E-state index in [0.717, 1.165) is 0 Å². The van der Waals surface area contributed by atoms with Gasteiger partial charge in [0.15, 0.2) is 0 Å². The van der Waals surface area contributed by atoms with E-state index in [1.165, 1.54) is 4.90 Å². The summed E-state index contributed by atoms with van der Waals surface area (Å²) in [5.41, 5.74) is 0.636. The van der Waals surface area contributed by atoms with Crippen LogP contribution in [0.15, 0.2) is 36.4 Å². The van der Waals surface area contributed by atoms with Gasteiger partial charge < -0.3 is 10.2 Å². The molecular weight excluding hydrogens is 478 g/mol. The third-order valence-electron chi connectivity index (χ3n) is 4.66. The number of carbonyl (C=O) groups is 2. The van der Waals surface area contributed by atoms with Crippen LogP contribution in [0.2, 0.25) is 20.1 Å². The lowest BCUT2D eigenvalue weighted by atomic mass is 10.0. The molecule has 0 unspecified atom stereocenters. The summed E-state index contributed by atoms with van der Waals surface area (Å²) in [6.45, 7) is 7.59. The Labute approximate surface area is 203 Å². The van der Waals surface area contributed by atoms with Gasteiger partial charge >= 0.3 is 0 Å². The van der Waals surface area contributed by atoms with Crippen LogP contribution in [-0.4, -0.2) is 28.3 Å². The monoisotopic (exact) mass is 502 g/mol. The zero-order valence-electron chi connectivity index (χ0n) is 17.9. The third kappa shape index (κ3) is 7.01. The predicted octanol–water partition coefficient (Wildman–Crippen LogP) is 6.56. The second kappa shape index (κ2) is 10.9. The summed E-state index contributed by atoms with van der Waals surface area (Å²) < 4.78 is 0. The van der Waals surface area contributed by atoms with Crippen molar-refractivity contribution in [2.45, 2.75) is 58.7 Å². The van der Waals surface area contributed by atoms with Crippen LogP contribution in [0.5, 0.6) is 0 Å². The number of rotatable bonds is 7. The van der Waals surface area contributed by atoms with Crippen LogP contribution >= 0.6 is 46.4 Å². The van der Waals surface area contributed by atoms with Crippen molar-refractivity contribution in [1.29, 1.82) is 0 Å². The van der Waals surface area contributed by atoms with E-state index in [2.05, 4.69) is 5.32 Å². The molecule has 0 bridgehead atoms. The minimum absolute atomic E-state index is 0.0557. The molecule has 0 aromatic heterocycles. The molecule has 4 nitrogen and oxygen atoms in total. The van der Waals surface area contributed by atoms with Crippen LogP contribution in [0.3, 0.4) is 0 Å². The lowest BCUT2D eigenvalue weighted by molar-refractivity contribution is -0.141. The molecule has 0 saturated carbocycles. The number of hydrogen-bond donors (Lipinski definition) is 1. The van der Waals surface area contributed by atoms with Gasteiger partial charge in [0.05, 0.1) is 6.42 Å². The van der Waals surface area contributed by atoms with Crippen molar-refractivity contribution in [3.05, 3.63) is 67.6 Å². The summed E-state index contributed by atoms with van der Waals surface area (Å²) in [7, 11) is 0. The van der Waals surface area contributed by atoms with E-state index in [0.29, 0.717) is 37.6 Å². The maximum absolute atomic E-state index is 13.5. The molecule has 0 spiro atoms. The molecule has 0 aliphatic carbocycles. The molecule has 0 heterocycles. The maximum atomic E-state index is 13.5. The minimum Gasteiger partial charge on any atom is -0.350 e. The first-order valence-electron chi connectivity index (χ1n) is 9.91. The maximum Gasteiger partial charge on any atom is 0.243 e. The van der Waals surface area contributed by atoms with Gasteiger partial charge in [-0.1, -0.05) is 65.5 Å². The van der Waals surface area contributed by atoms with Gasteiger partial charge in [0, 0.05) is 37.7 Å². The Morgan fingerprint density at radius 2 is 1.35 bits per heavy atom. The highest BCUT2D eigenvalue weighted by atomic mass is 35.5. The SMILES string of the molecule is CC[C@@H](C(=O)NC(C)(C)C)N(Cc1c(Cl)cccc1Cl)C(=O)Cc1c(Cl)cccc1Cl. The highest BCUT2D eigenvalue weighted by Gasteiger charge is 2.32. The van der Waals surface area contributed by atoms with E-state index >= 15 is 0 Å². The molecule has 0 aliphatic heterocycles. The van der Waals surface area contributed by atoms with Crippen LogP contribution in [0.25, 0.3) is 0 Å². The molecule has 1 atom stereocenters. The first-order valence-corrected chi connectivity index (χ1v) is 11.4. The molecule has 2 amide bonds. The van der Waals surface area contributed by atoms with Crippen LogP contribution in [0, 0.1) is 0 Å². The Morgan fingerprint density at radius 1 is 0.903 bits per heavy atom. The number of nitrogens with one attached hydrogen (secondary N) is 1. The fourth-order valence-corrected chi connectivity index (χ4v) is 4.23. The van der Waals surface area contributed by atoms with Crippen LogP contribution in [-0.2, 0) is 22.6 Å². The van der Waals surface area contributed by atoms with Gasteiger partial charge in [0.25, 0.3) is 0 Å². The summed E-state index contributed by atoms with van der Waals surface area (Å²) in [6.07, 6.45) is 0.353. The summed E-state index contributed by atoms with van der Waals surface area (Å²) >= 11 is 25.3. The molecule has 1 N–H and O–H groups in total. The first-order chi connectivity index (χ1) is 14.4. The van der Waals surface area contributed by atoms with Gasteiger partial charge in [-0.3, -0.25) is 9.59 Å². The number of hydrogen-bond acceptors (Lipinski definition) is 2. The Bertz CT molecular complexity index is 917. The van der Waals surface area contributed by atoms with E-state index < -0.39 is 11.6 Å². The van der Waals surface area contributed by atoms with Crippen molar-refractivity contribution in [2.24, 2.45) is 0 Å². The molecule has 0 saturated heterocycles. The van der Waals surface area contributed by atoms with Gasteiger partial charge in [0.1, 0.15) is 6.04 Å². The van der Waals surface area contributed by atoms with Crippen molar-refractivity contribution in [2.75, 3.05) is 0 Å². The molecule has 0 radical (unpaired) electrons. The van der Waals surface area contributed by atoms with Gasteiger partial charge in [-0.05, 0) is 57.0 Å². The molecule has 2 rings (SSSR count). The molecule has 2 aromatic rings. The predicted molar refractivity (Wildman–Crippen MR) is 129 cm³/mol. The molecule has 0 aliphatic rings. The standard InChI is InChI=1S/C23H26Cl4N2O2/c1-5-20(22(31)28-23(2,3)4)29(13-15-18(26)10-7-11-19(15)27)21(30)12-14-16(24)8-6-9-17(14)25/h6-11,20H,5,12-13H2,1-4H3,(H,28,31)/t20-/m0/s1. The molecule has 31 heavy (non-hydrogen) atoms. The van der Waals surface area contributed by atoms with E-state index in [4.69, 9.17) is 46.4 Å². The Kier molecular flexibility index (Phi) is 9.08. The number of amides is 2. The van der Waals surface area contributed by atoms with Crippen molar-refractivity contribution in [1.82, 2.24) is 10.2 Å².